The third kappa shape index (κ3) is 3.97. The van der Waals surface area contributed by atoms with Crippen molar-refractivity contribution in [2.45, 2.75) is 6.61 Å². The molecule has 0 radical (unpaired) electrons. The predicted octanol–water partition coefficient (Wildman–Crippen LogP) is 3.76. The van der Waals surface area contributed by atoms with E-state index in [1.54, 1.807) is 54.6 Å². The Labute approximate surface area is 149 Å². The lowest BCUT2D eigenvalue weighted by molar-refractivity contribution is 0.0474. The van der Waals surface area contributed by atoms with E-state index in [2.05, 4.69) is 5.32 Å². The number of hydrogen-bond acceptors (Lipinski definition) is 5. The van der Waals surface area contributed by atoms with Crippen molar-refractivity contribution in [3.63, 3.8) is 0 Å². The van der Waals surface area contributed by atoms with Gasteiger partial charge in [-0.25, -0.2) is 4.79 Å². The molecule has 3 rings (SSSR count). The van der Waals surface area contributed by atoms with Crippen molar-refractivity contribution in [2.24, 2.45) is 0 Å². The number of rotatable bonds is 5. The average molecular weight is 346 g/mol. The smallest absolute Gasteiger partial charge is 0.340 e. The highest BCUT2D eigenvalue weighted by atomic mass is 16.5. The molecular weight excluding hydrogens is 332 g/mol. The number of carbonyl (C=O) groups excluding carboxylic acids is 2. The van der Waals surface area contributed by atoms with Crippen LogP contribution in [-0.2, 0) is 11.3 Å². The number of nitrogens with zero attached hydrogens (tertiary/aromatic N) is 1. The first-order valence-corrected chi connectivity index (χ1v) is 7.77. The number of carbonyl (C=O) groups is 2. The Balaban J connectivity index is 1.69. The van der Waals surface area contributed by atoms with E-state index in [-0.39, 0.29) is 17.9 Å². The lowest BCUT2D eigenvalue weighted by Crippen LogP contribution is -2.15. The summed E-state index contributed by atoms with van der Waals surface area (Å²) in [6.07, 6.45) is 1.40. The summed E-state index contributed by atoms with van der Waals surface area (Å²) in [4.78, 5) is 24.5. The topological polar surface area (TPSA) is 92.3 Å². The van der Waals surface area contributed by atoms with Crippen LogP contribution in [-0.4, -0.2) is 11.9 Å². The minimum absolute atomic E-state index is 0.0605. The van der Waals surface area contributed by atoms with Gasteiger partial charge in [0.25, 0.3) is 5.91 Å². The molecule has 1 heterocycles. The third-order valence-electron chi connectivity index (χ3n) is 3.59. The molecule has 0 unspecified atom stereocenters. The van der Waals surface area contributed by atoms with Crippen molar-refractivity contribution in [1.29, 1.82) is 5.26 Å². The number of anilines is 1. The van der Waals surface area contributed by atoms with Crippen LogP contribution in [0.4, 0.5) is 5.69 Å². The van der Waals surface area contributed by atoms with Gasteiger partial charge in [-0.15, -0.1) is 0 Å². The normalized spacial score (nSPS) is 9.96. The van der Waals surface area contributed by atoms with E-state index in [0.717, 1.165) is 5.56 Å². The van der Waals surface area contributed by atoms with Crippen molar-refractivity contribution in [3.8, 4) is 6.07 Å². The zero-order valence-electron chi connectivity index (χ0n) is 13.6. The van der Waals surface area contributed by atoms with Crippen LogP contribution in [0.5, 0.6) is 0 Å². The number of amides is 1. The van der Waals surface area contributed by atoms with Crippen molar-refractivity contribution in [1.82, 2.24) is 0 Å². The second-order valence-electron chi connectivity index (χ2n) is 5.36. The molecule has 128 valence electrons. The molecule has 0 atom stereocenters. The maximum absolute atomic E-state index is 12.4. The summed E-state index contributed by atoms with van der Waals surface area (Å²) in [5, 5.41) is 11.4. The molecule has 1 N–H and O–H groups in total. The van der Waals surface area contributed by atoms with Gasteiger partial charge in [0.1, 0.15) is 6.61 Å². The Hall–Kier alpha value is -3.85. The number of ether oxygens (including phenoxy) is 1. The van der Waals surface area contributed by atoms with Crippen LogP contribution in [0.25, 0.3) is 0 Å². The summed E-state index contributed by atoms with van der Waals surface area (Å²) in [5.41, 5.74) is 1.86. The Morgan fingerprint density at radius 1 is 1.04 bits per heavy atom. The zero-order chi connectivity index (χ0) is 18.4. The van der Waals surface area contributed by atoms with Gasteiger partial charge in [0.15, 0.2) is 5.76 Å². The van der Waals surface area contributed by atoms with Gasteiger partial charge in [-0.3, -0.25) is 4.79 Å². The van der Waals surface area contributed by atoms with Crippen LogP contribution in [0, 0.1) is 11.3 Å². The average Bonchev–Trinajstić information content (AvgIpc) is 3.22. The highest BCUT2D eigenvalue weighted by Crippen LogP contribution is 2.18. The molecule has 0 spiro atoms. The van der Waals surface area contributed by atoms with E-state index >= 15 is 0 Å². The van der Waals surface area contributed by atoms with Crippen molar-refractivity contribution in [2.75, 3.05) is 5.32 Å². The lowest BCUT2D eigenvalue weighted by atomic mass is 10.1. The Morgan fingerprint density at radius 2 is 1.81 bits per heavy atom. The van der Waals surface area contributed by atoms with E-state index in [1.807, 2.05) is 6.07 Å². The molecule has 3 aromatic rings. The van der Waals surface area contributed by atoms with Crippen LogP contribution in [0.2, 0.25) is 0 Å². The number of para-hydroxylation sites is 1. The molecule has 0 saturated heterocycles. The summed E-state index contributed by atoms with van der Waals surface area (Å²) in [6.45, 7) is 0.0605. The molecule has 26 heavy (non-hydrogen) atoms. The van der Waals surface area contributed by atoms with Crippen LogP contribution in [0.3, 0.4) is 0 Å². The zero-order valence-corrected chi connectivity index (χ0v) is 13.6. The maximum atomic E-state index is 12.4. The summed E-state index contributed by atoms with van der Waals surface area (Å²) >= 11 is 0. The first-order valence-electron chi connectivity index (χ1n) is 7.77. The molecular formula is C20H14N2O4. The first kappa shape index (κ1) is 17.0. The van der Waals surface area contributed by atoms with Crippen LogP contribution in [0.15, 0.2) is 71.3 Å². The summed E-state index contributed by atoms with van der Waals surface area (Å²) in [5.74, 6) is -0.877. The van der Waals surface area contributed by atoms with E-state index in [1.165, 1.54) is 12.3 Å². The third-order valence-corrected chi connectivity index (χ3v) is 3.59. The van der Waals surface area contributed by atoms with Gasteiger partial charge in [0.2, 0.25) is 0 Å². The summed E-state index contributed by atoms with van der Waals surface area (Å²) < 4.78 is 10.3. The molecule has 2 aromatic carbocycles. The summed E-state index contributed by atoms with van der Waals surface area (Å²) in [7, 11) is 0. The Bertz CT molecular complexity index is 954. The largest absolute Gasteiger partial charge is 0.459 e. The highest BCUT2D eigenvalue weighted by molar-refractivity contribution is 6.06. The van der Waals surface area contributed by atoms with Gasteiger partial charge in [-0.1, -0.05) is 24.3 Å². The molecule has 1 aromatic heterocycles. The number of nitrogens with one attached hydrogen (secondary N) is 1. The summed E-state index contributed by atoms with van der Waals surface area (Å²) in [6, 6.07) is 18.5. The molecule has 0 aliphatic rings. The van der Waals surface area contributed by atoms with E-state index in [9.17, 15) is 9.59 Å². The second-order valence-corrected chi connectivity index (χ2v) is 5.36. The molecule has 0 aliphatic carbocycles. The lowest BCUT2D eigenvalue weighted by Gasteiger charge is -2.10. The van der Waals surface area contributed by atoms with Crippen molar-refractivity contribution < 1.29 is 18.7 Å². The van der Waals surface area contributed by atoms with Gasteiger partial charge >= 0.3 is 5.97 Å². The fourth-order valence-corrected chi connectivity index (χ4v) is 2.26. The van der Waals surface area contributed by atoms with Crippen molar-refractivity contribution in [3.05, 3.63) is 89.4 Å². The monoisotopic (exact) mass is 346 g/mol. The molecule has 6 nitrogen and oxygen atoms in total. The standard InChI is InChI=1S/C20H14N2O4/c21-12-14-7-9-15(10-8-14)13-26-20(24)16-4-1-2-5-17(16)22-19(23)18-6-3-11-25-18/h1-11H,13H2,(H,22,23). The Morgan fingerprint density at radius 3 is 2.50 bits per heavy atom. The minimum Gasteiger partial charge on any atom is -0.459 e. The van der Waals surface area contributed by atoms with E-state index in [0.29, 0.717) is 11.3 Å². The van der Waals surface area contributed by atoms with E-state index < -0.39 is 11.9 Å². The predicted molar refractivity (Wildman–Crippen MR) is 93.4 cm³/mol. The minimum atomic E-state index is -0.565. The van der Waals surface area contributed by atoms with Crippen molar-refractivity contribution >= 4 is 17.6 Å². The van der Waals surface area contributed by atoms with Crippen LogP contribution < -0.4 is 5.32 Å². The second kappa shape index (κ2) is 7.81. The number of nitriles is 1. The maximum Gasteiger partial charge on any atom is 0.340 e. The Kier molecular flexibility index (Phi) is 5.11. The molecule has 6 heteroatoms. The van der Waals surface area contributed by atoms with Gasteiger partial charge in [-0.2, -0.15) is 5.26 Å². The SMILES string of the molecule is N#Cc1ccc(COC(=O)c2ccccc2NC(=O)c2ccco2)cc1. The van der Waals surface area contributed by atoms with Gasteiger partial charge in [0.05, 0.1) is 29.1 Å². The number of hydrogen-bond donors (Lipinski definition) is 1. The number of furan rings is 1. The molecule has 0 aliphatic heterocycles. The number of esters is 1. The molecule has 0 saturated carbocycles. The highest BCUT2D eigenvalue weighted by Gasteiger charge is 2.16. The quantitative estimate of drug-likeness (QED) is 0.710. The fourth-order valence-electron chi connectivity index (χ4n) is 2.26. The first-order chi connectivity index (χ1) is 12.7. The molecule has 1 amide bonds. The fraction of sp³-hybridized carbons (Fsp3) is 0.0500. The van der Waals surface area contributed by atoms with Gasteiger partial charge in [0, 0.05) is 0 Å². The molecule has 0 bridgehead atoms. The van der Waals surface area contributed by atoms with E-state index in [4.69, 9.17) is 14.4 Å². The molecule has 0 fully saturated rings. The van der Waals surface area contributed by atoms with Gasteiger partial charge < -0.3 is 14.5 Å². The number of benzene rings is 2. The van der Waals surface area contributed by atoms with Gasteiger partial charge in [-0.05, 0) is 42.0 Å². The van der Waals surface area contributed by atoms with Crippen LogP contribution >= 0.6 is 0 Å². The van der Waals surface area contributed by atoms with Crippen LogP contribution in [0.1, 0.15) is 32.0 Å².